The number of nitrogens with one attached hydrogen (secondary N) is 2. The first-order chi connectivity index (χ1) is 13.5. The van der Waals surface area contributed by atoms with E-state index in [2.05, 4.69) is 15.6 Å². The van der Waals surface area contributed by atoms with Gasteiger partial charge in [0, 0.05) is 49.7 Å². The highest BCUT2D eigenvalue weighted by Crippen LogP contribution is 2.22. The molecule has 2 atom stereocenters. The van der Waals surface area contributed by atoms with Gasteiger partial charge in [-0.1, -0.05) is 12.1 Å². The molecule has 1 aliphatic rings. The van der Waals surface area contributed by atoms with Crippen molar-refractivity contribution in [2.75, 3.05) is 19.6 Å². The van der Waals surface area contributed by atoms with Crippen LogP contribution in [0.3, 0.4) is 0 Å². The van der Waals surface area contributed by atoms with Crippen LogP contribution in [0.1, 0.15) is 28.9 Å². The maximum atomic E-state index is 13.0. The Bertz CT molecular complexity index is 874. The van der Waals surface area contributed by atoms with Gasteiger partial charge in [-0.25, -0.2) is 0 Å². The van der Waals surface area contributed by atoms with Crippen LogP contribution >= 0.6 is 0 Å². The number of nitrogens with zero attached hydrogens (tertiary/aromatic N) is 3. The Morgan fingerprint density at radius 1 is 1.36 bits per heavy atom. The van der Waals surface area contributed by atoms with Gasteiger partial charge >= 0.3 is 0 Å². The number of amides is 2. The van der Waals surface area contributed by atoms with Gasteiger partial charge in [-0.15, -0.1) is 0 Å². The summed E-state index contributed by atoms with van der Waals surface area (Å²) in [6.07, 6.45) is 3.40. The zero-order valence-corrected chi connectivity index (χ0v) is 15.4. The summed E-state index contributed by atoms with van der Waals surface area (Å²) >= 11 is 0. The van der Waals surface area contributed by atoms with Crippen molar-refractivity contribution in [3.8, 4) is 0 Å². The summed E-state index contributed by atoms with van der Waals surface area (Å²) in [6, 6.07) is 8.20. The highest BCUT2D eigenvalue weighted by molar-refractivity contribution is 5.98. The van der Waals surface area contributed by atoms with Crippen LogP contribution in [0, 0.1) is 10.1 Å². The molecule has 0 bridgehead atoms. The molecule has 1 aromatic carbocycles. The minimum Gasteiger partial charge on any atom is -0.341 e. The zero-order chi connectivity index (χ0) is 20.1. The van der Waals surface area contributed by atoms with E-state index in [4.69, 9.17) is 0 Å². The van der Waals surface area contributed by atoms with Crippen LogP contribution in [0.25, 0.3) is 0 Å². The number of carbonyl (C=O) groups excluding carboxylic acids is 2. The summed E-state index contributed by atoms with van der Waals surface area (Å²) in [5, 5.41) is 16.8. The van der Waals surface area contributed by atoms with E-state index in [1.807, 2.05) is 12.1 Å². The van der Waals surface area contributed by atoms with Gasteiger partial charge in [-0.3, -0.25) is 24.7 Å². The highest BCUT2D eigenvalue weighted by Gasteiger charge is 2.31. The predicted molar refractivity (Wildman–Crippen MR) is 102 cm³/mol. The Labute approximate surface area is 161 Å². The van der Waals surface area contributed by atoms with Crippen LogP contribution in [-0.2, 0) is 4.79 Å². The van der Waals surface area contributed by atoms with Crippen molar-refractivity contribution in [1.82, 2.24) is 20.5 Å². The second-order valence-electron chi connectivity index (χ2n) is 6.54. The van der Waals surface area contributed by atoms with Crippen LogP contribution < -0.4 is 10.6 Å². The molecule has 9 nitrogen and oxygen atoms in total. The molecule has 28 heavy (non-hydrogen) atoms. The standard InChI is InChI=1S/C19H21N5O4/c1-13(22-18(25)14-4-2-6-16(10-14)24(27)28)19(26)23-9-8-21-12-17(23)15-5-3-7-20-11-15/h2-7,10-11,13,17,21H,8-9,12H2,1H3,(H,22,25). The van der Waals surface area contributed by atoms with Gasteiger partial charge in [0.15, 0.2) is 0 Å². The van der Waals surface area contributed by atoms with Crippen molar-refractivity contribution in [3.05, 3.63) is 70.0 Å². The van der Waals surface area contributed by atoms with Crippen molar-refractivity contribution in [2.45, 2.75) is 19.0 Å². The number of hydrogen-bond donors (Lipinski definition) is 2. The number of nitro groups is 1. The summed E-state index contributed by atoms with van der Waals surface area (Å²) in [6.45, 7) is 3.38. The van der Waals surface area contributed by atoms with E-state index in [1.54, 1.807) is 24.2 Å². The molecule has 2 heterocycles. The van der Waals surface area contributed by atoms with Gasteiger partial charge in [0.1, 0.15) is 6.04 Å². The van der Waals surface area contributed by atoms with Crippen molar-refractivity contribution in [2.24, 2.45) is 0 Å². The number of pyridine rings is 1. The maximum Gasteiger partial charge on any atom is 0.270 e. The Morgan fingerprint density at radius 3 is 2.89 bits per heavy atom. The van der Waals surface area contributed by atoms with Crippen molar-refractivity contribution in [1.29, 1.82) is 0 Å². The number of piperazine rings is 1. The summed E-state index contributed by atoms with van der Waals surface area (Å²) in [5.41, 5.74) is 0.878. The second-order valence-corrected chi connectivity index (χ2v) is 6.54. The first kappa shape index (κ1) is 19.4. The van der Waals surface area contributed by atoms with E-state index in [1.165, 1.54) is 24.3 Å². The lowest BCUT2D eigenvalue weighted by molar-refractivity contribution is -0.384. The fraction of sp³-hybridized carbons (Fsp3) is 0.316. The minimum atomic E-state index is -0.774. The third-order valence-corrected chi connectivity index (χ3v) is 4.63. The quantitative estimate of drug-likeness (QED) is 0.593. The summed E-state index contributed by atoms with van der Waals surface area (Å²) in [5.74, 6) is -0.744. The second kappa shape index (κ2) is 8.57. The fourth-order valence-corrected chi connectivity index (χ4v) is 3.19. The Balaban J connectivity index is 1.71. The van der Waals surface area contributed by atoms with Gasteiger partial charge < -0.3 is 15.5 Å². The van der Waals surface area contributed by atoms with E-state index in [-0.39, 0.29) is 23.2 Å². The van der Waals surface area contributed by atoms with Crippen LogP contribution in [0.2, 0.25) is 0 Å². The molecule has 0 spiro atoms. The van der Waals surface area contributed by atoms with E-state index in [0.717, 1.165) is 5.56 Å². The Morgan fingerprint density at radius 2 is 2.18 bits per heavy atom. The molecule has 146 valence electrons. The van der Waals surface area contributed by atoms with E-state index >= 15 is 0 Å². The summed E-state index contributed by atoms with van der Waals surface area (Å²) < 4.78 is 0. The largest absolute Gasteiger partial charge is 0.341 e. The molecule has 9 heteroatoms. The van der Waals surface area contributed by atoms with Gasteiger partial charge in [0.05, 0.1) is 11.0 Å². The molecule has 0 radical (unpaired) electrons. The monoisotopic (exact) mass is 383 g/mol. The fourth-order valence-electron chi connectivity index (χ4n) is 3.19. The number of non-ortho nitro benzene ring substituents is 1. The number of hydrogen-bond acceptors (Lipinski definition) is 6. The van der Waals surface area contributed by atoms with E-state index in [0.29, 0.717) is 19.6 Å². The molecule has 2 unspecified atom stereocenters. The molecule has 2 aromatic rings. The average molecular weight is 383 g/mol. The van der Waals surface area contributed by atoms with E-state index in [9.17, 15) is 19.7 Å². The van der Waals surface area contributed by atoms with Crippen molar-refractivity contribution in [3.63, 3.8) is 0 Å². The molecule has 1 fully saturated rings. The number of carbonyl (C=O) groups is 2. The molecule has 1 aliphatic heterocycles. The first-order valence-electron chi connectivity index (χ1n) is 8.94. The third kappa shape index (κ3) is 4.32. The lowest BCUT2D eigenvalue weighted by atomic mass is 10.0. The molecule has 2 N–H and O–H groups in total. The summed E-state index contributed by atoms with van der Waals surface area (Å²) in [7, 11) is 0. The number of benzene rings is 1. The van der Waals surface area contributed by atoms with Crippen LogP contribution in [-0.4, -0.2) is 52.3 Å². The molecule has 0 saturated carbocycles. The topological polar surface area (TPSA) is 117 Å². The molecular weight excluding hydrogens is 362 g/mol. The lowest BCUT2D eigenvalue weighted by Gasteiger charge is -2.37. The Kier molecular flexibility index (Phi) is 5.95. The molecular formula is C19H21N5O4. The summed E-state index contributed by atoms with van der Waals surface area (Å²) in [4.78, 5) is 41.6. The molecule has 2 amide bonds. The van der Waals surface area contributed by atoms with Crippen LogP contribution in [0.5, 0.6) is 0 Å². The molecule has 3 rings (SSSR count). The van der Waals surface area contributed by atoms with Crippen LogP contribution in [0.15, 0.2) is 48.8 Å². The smallest absolute Gasteiger partial charge is 0.270 e. The van der Waals surface area contributed by atoms with Crippen molar-refractivity contribution < 1.29 is 14.5 Å². The van der Waals surface area contributed by atoms with E-state index < -0.39 is 16.9 Å². The third-order valence-electron chi connectivity index (χ3n) is 4.63. The van der Waals surface area contributed by atoms with Gasteiger partial charge in [-0.2, -0.15) is 0 Å². The lowest BCUT2D eigenvalue weighted by Crippen LogP contribution is -2.54. The first-order valence-corrected chi connectivity index (χ1v) is 8.94. The number of nitro benzene ring substituents is 1. The average Bonchev–Trinajstić information content (AvgIpc) is 2.73. The normalized spacial score (nSPS) is 17.6. The number of aromatic nitrogens is 1. The van der Waals surface area contributed by atoms with Gasteiger partial charge in [-0.05, 0) is 24.6 Å². The number of rotatable bonds is 5. The maximum absolute atomic E-state index is 13.0. The molecule has 1 saturated heterocycles. The van der Waals surface area contributed by atoms with Crippen LogP contribution in [0.4, 0.5) is 5.69 Å². The van der Waals surface area contributed by atoms with Crippen molar-refractivity contribution >= 4 is 17.5 Å². The van der Waals surface area contributed by atoms with Gasteiger partial charge in [0.25, 0.3) is 11.6 Å². The Hall–Kier alpha value is -3.33. The molecule has 0 aliphatic carbocycles. The van der Waals surface area contributed by atoms with Gasteiger partial charge in [0.2, 0.25) is 5.91 Å². The highest BCUT2D eigenvalue weighted by atomic mass is 16.6. The minimum absolute atomic E-state index is 0.137. The zero-order valence-electron chi connectivity index (χ0n) is 15.4. The SMILES string of the molecule is CC(NC(=O)c1cccc([N+](=O)[O-])c1)C(=O)N1CCNCC1c1cccnc1. The molecule has 1 aromatic heterocycles. The predicted octanol–water partition coefficient (Wildman–Crippen LogP) is 1.28.